The highest BCUT2D eigenvalue weighted by Gasteiger charge is 2.00. The number of primary amides is 1. The van der Waals surface area contributed by atoms with E-state index in [1.165, 1.54) is 0 Å². The Hall–Kier alpha value is -1.36. The third-order valence-corrected chi connectivity index (χ3v) is 2.09. The standard InChI is InChI=1S/C10H18N4O/c1-2-7-14-9(3-6-13-14)8-12-5-4-10(11)15/h3,6,12H,2,4-5,7-8H2,1H3,(H2,11,15). The van der Waals surface area contributed by atoms with E-state index in [1.807, 2.05) is 10.7 Å². The summed E-state index contributed by atoms with van der Waals surface area (Å²) in [6.45, 7) is 4.39. The predicted octanol–water partition coefficient (Wildman–Crippen LogP) is 0.258. The minimum absolute atomic E-state index is 0.274. The van der Waals surface area contributed by atoms with Crippen LogP contribution in [-0.2, 0) is 17.9 Å². The molecule has 0 aliphatic carbocycles. The van der Waals surface area contributed by atoms with Crippen molar-refractivity contribution in [3.05, 3.63) is 18.0 Å². The van der Waals surface area contributed by atoms with Gasteiger partial charge >= 0.3 is 0 Å². The Morgan fingerprint density at radius 1 is 1.67 bits per heavy atom. The Morgan fingerprint density at radius 3 is 3.13 bits per heavy atom. The van der Waals surface area contributed by atoms with Gasteiger partial charge in [-0.2, -0.15) is 5.10 Å². The fourth-order valence-corrected chi connectivity index (χ4v) is 1.35. The summed E-state index contributed by atoms with van der Waals surface area (Å²) in [5.74, 6) is -0.274. The van der Waals surface area contributed by atoms with Crippen LogP contribution in [0.25, 0.3) is 0 Å². The molecule has 0 unspecified atom stereocenters. The number of aryl methyl sites for hydroxylation is 1. The van der Waals surface area contributed by atoms with E-state index < -0.39 is 0 Å². The maximum Gasteiger partial charge on any atom is 0.218 e. The number of carbonyl (C=O) groups excluding carboxylic acids is 1. The van der Waals surface area contributed by atoms with Crippen molar-refractivity contribution in [2.75, 3.05) is 6.54 Å². The van der Waals surface area contributed by atoms with E-state index in [2.05, 4.69) is 17.3 Å². The number of amides is 1. The van der Waals surface area contributed by atoms with E-state index in [1.54, 1.807) is 6.20 Å². The molecule has 0 aromatic carbocycles. The molecular weight excluding hydrogens is 192 g/mol. The van der Waals surface area contributed by atoms with Gasteiger partial charge in [-0.25, -0.2) is 0 Å². The number of nitrogens with two attached hydrogens (primary N) is 1. The molecule has 0 atom stereocenters. The number of nitrogens with zero attached hydrogens (tertiary/aromatic N) is 2. The fourth-order valence-electron chi connectivity index (χ4n) is 1.35. The minimum atomic E-state index is -0.274. The van der Waals surface area contributed by atoms with E-state index in [0.717, 1.165) is 25.2 Å². The molecule has 0 aliphatic rings. The molecule has 1 aromatic heterocycles. The molecule has 1 rings (SSSR count). The van der Waals surface area contributed by atoms with E-state index in [-0.39, 0.29) is 5.91 Å². The molecule has 1 heterocycles. The highest BCUT2D eigenvalue weighted by Crippen LogP contribution is 1.99. The number of carbonyl (C=O) groups is 1. The molecule has 84 valence electrons. The summed E-state index contributed by atoms with van der Waals surface area (Å²) in [6, 6.07) is 1.98. The molecule has 5 nitrogen and oxygen atoms in total. The minimum Gasteiger partial charge on any atom is -0.370 e. The highest BCUT2D eigenvalue weighted by atomic mass is 16.1. The fraction of sp³-hybridized carbons (Fsp3) is 0.600. The maximum absolute atomic E-state index is 10.5. The van der Waals surface area contributed by atoms with Crippen molar-refractivity contribution in [1.82, 2.24) is 15.1 Å². The Balaban J connectivity index is 2.30. The van der Waals surface area contributed by atoms with Gasteiger partial charge in [-0.3, -0.25) is 9.48 Å². The Kier molecular flexibility index (Phi) is 4.83. The average Bonchev–Trinajstić information content (AvgIpc) is 2.61. The second-order valence-electron chi connectivity index (χ2n) is 3.44. The van der Waals surface area contributed by atoms with E-state index in [9.17, 15) is 4.79 Å². The first-order valence-electron chi connectivity index (χ1n) is 5.23. The Morgan fingerprint density at radius 2 is 2.47 bits per heavy atom. The highest BCUT2D eigenvalue weighted by molar-refractivity contribution is 5.73. The van der Waals surface area contributed by atoms with Crippen molar-refractivity contribution in [1.29, 1.82) is 0 Å². The van der Waals surface area contributed by atoms with Gasteiger partial charge in [0.25, 0.3) is 0 Å². The van der Waals surface area contributed by atoms with Gasteiger partial charge in [0, 0.05) is 32.3 Å². The lowest BCUT2D eigenvalue weighted by Gasteiger charge is -2.06. The molecule has 1 aromatic rings. The van der Waals surface area contributed by atoms with E-state index in [0.29, 0.717) is 13.0 Å². The Bertz CT molecular complexity index is 308. The first-order valence-corrected chi connectivity index (χ1v) is 5.23. The summed E-state index contributed by atoms with van der Waals surface area (Å²) < 4.78 is 1.97. The first kappa shape index (κ1) is 11.7. The van der Waals surface area contributed by atoms with Gasteiger partial charge in [0.1, 0.15) is 0 Å². The van der Waals surface area contributed by atoms with Crippen LogP contribution < -0.4 is 11.1 Å². The zero-order chi connectivity index (χ0) is 11.1. The third-order valence-electron chi connectivity index (χ3n) is 2.09. The molecule has 5 heteroatoms. The summed E-state index contributed by atoms with van der Waals surface area (Å²) in [4.78, 5) is 10.5. The molecule has 0 bridgehead atoms. The van der Waals surface area contributed by atoms with Gasteiger partial charge in [0.05, 0.1) is 5.69 Å². The molecule has 3 N–H and O–H groups in total. The van der Waals surface area contributed by atoms with Gasteiger partial charge < -0.3 is 11.1 Å². The molecule has 15 heavy (non-hydrogen) atoms. The van der Waals surface area contributed by atoms with Crippen molar-refractivity contribution >= 4 is 5.91 Å². The summed E-state index contributed by atoms with van der Waals surface area (Å²) in [5, 5.41) is 7.36. The number of nitrogens with one attached hydrogen (secondary N) is 1. The van der Waals surface area contributed by atoms with Crippen molar-refractivity contribution < 1.29 is 4.79 Å². The van der Waals surface area contributed by atoms with Crippen LogP contribution in [0.15, 0.2) is 12.3 Å². The van der Waals surface area contributed by atoms with E-state index in [4.69, 9.17) is 5.73 Å². The van der Waals surface area contributed by atoms with Crippen LogP contribution in [0, 0.1) is 0 Å². The largest absolute Gasteiger partial charge is 0.370 e. The molecule has 0 spiro atoms. The van der Waals surface area contributed by atoms with Crippen molar-refractivity contribution in [3.8, 4) is 0 Å². The number of hydrogen-bond donors (Lipinski definition) is 2. The summed E-state index contributed by atoms with van der Waals surface area (Å²) >= 11 is 0. The van der Waals surface area contributed by atoms with Crippen LogP contribution >= 0.6 is 0 Å². The molecule has 0 fully saturated rings. The second kappa shape index (κ2) is 6.19. The number of aromatic nitrogens is 2. The molecule has 0 saturated heterocycles. The lowest BCUT2D eigenvalue weighted by molar-refractivity contribution is -0.117. The molecule has 1 amide bonds. The lowest BCUT2D eigenvalue weighted by atomic mass is 10.3. The van der Waals surface area contributed by atoms with Gasteiger partial charge in [-0.05, 0) is 12.5 Å². The molecule has 0 aliphatic heterocycles. The molecule has 0 radical (unpaired) electrons. The maximum atomic E-state index is 10.5. The Labute approximate surface area is 89.6 Å². The lowest BCUT2D eigenvalue weighted by Crippen LogP contribution is -2.22. The van der Waals surface area contributed by atoms with Crippen LogP contribution in [-0.4, -0.2) is 22.2 Å². The van der Waals surface area contributed by atoms with Gasteiger partial charge in [-0.1, -0.05) is 6.92 Å². The third kappa shape index (κ3) is 4.12. The quantitative estimate of drug-likeness (QED) is 0.634. The van der Waals surface area contributed by atoms with Crippen molar-refractivity contribution in [2.45, 2.75) is 32.9 Å². The predicted molar refractivity (Wildman–Crippen MR) is 58.0 cm³/mol. The first-order chi connectivity index (χ1) is 7.24. The zero-order valence-electron chi connectivity index (χ0n) is 9.07. The zero-order valence-corrected chi connectivity index (χ0v) is 9.07. The van der Waals surface area contributed by atoms with Crippen LogP contribution in [0.3, 0.4) is 0 Å². The van der Waals surface area contributed by atoms with Gasteiger partial charge in [-0.15, -0.1) is 0 Å². The average molecular weight is 210 g/mol. The van der Waals surface area contributed by atoms with Crippen LogP contribution in [0.2, 0.25) is 0 Å². The number of hydrogen-bond acceptors (Lipinski definition) is 3. The summed E-state index contributed by atoms with van der Waals surface area (Å²) in [6.07, 6.45) is 3.23. The SMILES string of the molecule is CCCn1nccc1CNCCC(N)=O. The second-order valence-corrected chi connectivity index (χ2v) is 3.44. The van der Waals surface area contributed by atoms with Crippen LogP contribution in [0.5, 0.6) is 0 Å². The van der Waals surface area contributed by atoms with Crippen LogP contribution in [0.4, 0.5) is 0 Å². The number of rotatable bonds is 7. The monoisotopic (exact) mass is 210 g/mol. The summed E-state index contributed by atoms with van der Waals surface area (Å²) in [7, 11) is 0. The summed E-state index contributed by atoms with van der Waals surface area (Å²) in [5.41, 5.74) is 6.17. The van der Waals surface area contributed by atoms with Gasteiger partial charge in [0.15, 0.2) is 0 Å². The van der Waals surface area contributed by atoms with Gasteiger partial charge in [0.2, 0.25) is 5.91 Å². The normalized spacial score (nSPS) is 10.5. The van der Waals surface area contributed by atoms with Crippen LogP contribution in [0.1, 0.15) is 25.5 Å². The molecular formula is C10H18N4O. The van der Waals surface area contributed by atoms with Crippen molar-refractivity contribution in [3.63, 3.8) is 0 Å². The topological polar surface area (TPSA) is 72.9 Å². The van der Waals surface area contributed by atoms with Crippen molar-refractivity contribution in [2.24, 2.45) is 5.73 Å². The smallest absolute Gasteiger partial charge is 0.218 e. The molecule has 0 saturated carbocycles. The van der Waals surface area contributed by atoms with E-state index >= 15 is 0 Å².